The van der Waals surface area contributed by atoms with Crippen LogP contribution in [-0.4, -0.2) is 222 Å². The van der Waals surface area contributed by atoms with Gasteiger partial charge in [-0.1, -0.05) is 32.9 Å². The van der Waals surface area contributed by atoms with E-state index in [-0.39, 0.29) is 90.5 Å². The Hall–Kier alpha value is -2.16. The van der Waals surface area contributed by atoms with Gasteiger partial charge >= 0.3 is 12.2 Å². The molecule has 0 aromatic carbocycles. The number of allylic oxidation sites excluding steroid dienone is 1. The fourth-order valence-corrected chi connectivity index (χ4v) is 12.9. The summed E-state index contributed by atoms with van der Waals surface area (Å²) in [5.41, 5.74) is 0.353. The van der Waals surface area contributed by atoms with Gasteiger partial charge in [0.05, 0.1) is 63.7 Å². The molecular weight excluding hydrogens is 913 g/mol. The van der Waals surface area contributed by atoms with Crippen LogP contribution in [0.5, 0.6) is 0 Å². The molecule has 0 aromatic rings. The fourth-order valence-electron chi connectivity index (χ4n) is 12.9. The monoisotopic (exact) mass is 1010 g/mol. The highest BCUT2D eigenvalue weighted by Crippen LogP contribution is 2.61. The number of methoxy groups -OCH3 is 2. The summed E-state index contributed by atoms with van der Waals surface area (Å²) >= 11 is 0. The standard InChI is InChI=1S/C26H44N2O6.C26H42N2O6.CH4O.CH4/c2*1-18(2)5-6-21-25(3,34-21)23-22(30-4)20(7-9-26(23)17-32-26)33-24(29)28-15-19(16-28)8-10-27-11-13-31-14-12-27;1-2;/h18-23H,5-17H2,1-4H3;5,19-23H,6-17H2,1-4H3;2H,1H3;1H4/t2*20-,21-,22-,23-,25+,26+;;/m11../s1. The van der Waals surface area contributed by atoms with E-state index in [1.54, 1.807) is 14.2 Å². The number of aliphatic hydroxyl groups excluding tert-OH is 1. The van der Waals surface area contributed by atoms with Gasteiger partial charge in [0.25, 0.3) is 0 Å². The van der Waals surface area contributed by atoms with E-state index >= 15 is 0 Å². The van der Waals surface area contributed by atoms with Crippen molar-refractivity contribution >= 4 is 12.2 Å². The van der Waals surface area contributed by atoms with Crippen molar-refractivity contribution in [3.05, 3.63) is 11.6 Å². The number of ether oxygens (including phenoxy) is 10. The lowest BCUT2D eigenvalue weighted by molar-refractivity contribution is -0.124. The van der Waals surface area contributed by atoms with Crippen molar-refractivity contribution in [2.45, 2.75) is 166 Å². The van der Waals surface area contributed by atoms with Crippen molar-refractivity contribution in [1.29, 1.82) is 0 Å². The third-order valence-electron chi connectivity index (χ3n) is 17.6. The first-order valence-corrected chi connectivity index (χ1v) is 27.0. The molecule has 10 aliphatic rings. The molecule has 2 saturated carbocycles. The molecule has 10 fully saturated rings. The highest BCUT2D eigenvalue weighted by atomic mass is 16.6. The highest BCUT2D eigenvalue weighted by molar-refractivity contribution is 5.69. The quantitative estimate of drug-likeness (QED) is 0.132. The molecular formula is C54H94N4O13. The van der Waals surface area contributed by atoms with Gasteiger partial charge in [-0.25, -0.2) is 9.59 Å². The van der Waals surface area contributed by atoms with Gasteiger partial charge in [0.1, 0.15) is 46.8 Å². The van der Waals surface area contributed by atoms with E-state index in [1.807, 2.05) is 9.80 Å². The molecule has 8 saturated heterocycles. The number of nitrogens with zero attached hydrogens (tertiary/aromatic N) is 4. The highest BCUT2D eigenvalue weighted by Gasteiger charge is 2.73. The van der Waals surface area contributed by atoms with Crippen molar-refractivity contribution in [3.63, 3.8) is 0 Å². The van der Waals surface area contributed by atoms with Crippen LogP contribution in [0.15, 0.2) is 11.6 Å². The Balaban J connectivity index is 0.000000199. The fraction of sp³-hybridized carbons (Fsp3) is 0.926. The van der Waals surface area contributed by atoms with Crippen molar-refractivity contribution < 1.29 is 62.1 Å². The first-order valence-electron chi connectivity index (χ1n) is 27.0. The Morgan fingerprint density at radius 3 is 1.46 bits per heavy atom. The summed E-state index contributed by atoms with van der Waals surface area (Å²) < 4.78 is 59.6. The van der Waals surface area contributed by atoms with Gasteiger partial charge in [-0.05, 0) is 116 Å². The first kappa shape index (κ1) is 56.6. The van der Waals surface area contributed by atoms with Crippen LogP contribution < -0.4 is 0 Å². The maximum Gasteiger partial charge on any atom is 0.410 e. The number of carbonyl (C=O) groups is 2. The van der Waals surface area contributed by atoms with Gasteiger partial charge in [-0.3, -0.25) is 9.80 Å². The lowest BCUT2D eigenvalue weighted by Gasteiger charge is -2.44. The summed E-state index contributed by atoms with van der Waals surface area (Å²) in [6.07, 6.45) is 9.96. The van der Waals surface area contributed by atoms with Crippen LogP contribution in [0.3, 0.4) is 0 Å². The predicted molar refractivity (Wildman–Crippen MR) is 268 cm³/mol. The second-order valence-electron chi connectivity index (χ2n) is 23.1. The number of epoxide rings is 4. The van der Waals surface area contributed by atoms with Gasteiger partial charge in [0.2, 0.25) is 0 Å². The van der Waals surface area contributed by atoms with Gasteiger partial charge < -0.3 is 62.3 Å². The molecule has 71 heavy (non-hydrogen) atoms. The third-order valence-corrected chi connectivity index (χ3v) is 17.6. The Labute approximate surface area is 426 Å². The number of hydrogen-bond acceptors (Lipinski definition) is 15. The number of amides is 2. The Bertz CT molecular complexity index is 1740. The molecule has 0 unspecified atom stereocenters. The van der Waals surface area contributed by atoms with Crippen molar-refractivity contribution in [3.8, 4) is 0 Å². The van der Waals surface area contributed by atoms with E-state index in [4.69, 9.17) is 52.5 Å². The third kappa shape index (κ3) is 13.1. The van der Waals surface area contributed by atoms with Crippen molar-refractivity contribution in [1.82, 2.24) is 19.6 Å². The lowest BCUT2D eigenvalue weighted by Crippen LogP contribution is -2.57. The van der Waals surface area contributed by atoms with Gasteiger partial charge in [-0.2, -0.15) is 0 Å². The number of hydrogen-bond donors (Lipinski definition) is 1. The molecule has 0 radical (unpaired) electrons. The van der Waals surface area contributed by atoms with E-state index in [1.165, 1.54) is 5.57 Å². The number of aliphatic hydroxyl groups is 1. The zero-order valence-electron chi connectivity index (χ0n) is 44.2. The van der Waals surface area contributed by atoms with Crippen LogP contribution in [0.25, 0.3) is 0 Å². The van der Waals surface area contributed by atoms with E-state index in [0.717, 1.165) is 170 Å². The molecule has 10 rings (SSSR count). The van der Waals surface area contributed by atoms with Crippen LogP contribution in [0, 0.1) is 29.6 Å². The minimum absolute atomic E-state index is 0. The summed E-state index contributed by atoms with van der Waals surface area (Å²) in [7, 11) is 4.46. The van der Waals surface area contributed by atoms with E-state index < -0.39 is 0 Å². The second-order valence-corrected chi connectivity index (χ2v) is 23.1. The van der Waals surface area contributed by atoms with Gasteiger partial charge in [0.15, 0.2) is 0 Å². The lowest BCUT2D eigenvalue weighted by atomic mass is 9.68. The maximum absolute atomic E-state index is 13.0. The predicted octanol–water partition coefficient (Wildman–Crippen LogP) is 6.03. The molecule has 0 bridgehead atoms. The van der Waals surface area contributed by atoms with Crippen LogP contribution >= 0.6 is 0 Å². The summed E-state index contributed by atoms with van der Waals surface area (Å²) in [5.74, 6) is 1.94. The van der Waals surface area contributed by atoms with Crippen LogP contribution in [0.4, 0.5) is 9.59 Å². The number of morpholine rings is 2. The molecule has 12 atom stereocenters. The normalized spacial score (nSPS) is 38.6. The molecule has 1 N–H and O–H groups in total. The Kier molecular flexibility index (Phi) is 19.3. The van der Waals surface area contributed by atoms with Gasteiger partial charge in [0, 0.05) is 73.7 Å². The zero-order valence-corrected chi connectivity index (χ0v) is 44.2. The molecule has 0 aromatic heterocycles. The van der Waals surface area contributed by atoms with E-state index in [0.29, 0.717) is 17.8 Å². The second kappa shape index (κ2) is 24.2. The molecule has 2 aliphatic carbocycles. The molecule has 17 heteroatoms. The van der Waals surface area contributed by atoms with E-state index in [2.05, 4.69) is 57.4 Å². The smallest absolute Gasteiger partial charge is 0.410 e. The summed E-state index contributed by atoms with van der Waals surface area (Å²) in [6.45, 7) is 27.3. The molecule has 2 spiro atoms. The van der Waals surface area contributed by atoms with Crippen molar-refractivity contribution in [2.75, 3.05) is 126 Å². The molecule has 8 aliphatic heterocycles. The molecule has 2 amide bonds. The first-order chi connectivity index (χ1) is 33.7. The number of carbonyl (C=O) groups excluding carboxylic acids is 2. The van der Waals surface area contributed by atoms with Crippen LogP contribution in [0.1, 0.15) is 107 Å². The minimum atomic E-state index is -0.310. The Morgan fingerprint density at radius 1 is 0.676 bits per heavy atom. The minimum Gasteiger partial charge on any atom is -0.443 e. The molecule has 408 valence electrons. The summed E-state index contributed by atoms with van der Waals surface area (Å²) in [6, 6.07) is 0. The van der Waals surface area contributed by atoms with Crippen LogP contribution in [-0.2, 0) is 47.4 Å². The average Bonchev–Trinajstić information content (AvgIpc) is 4.22. The SMILES string of the molecule is C.CO.CO[C@@H]1[C@H](OC(=O)N2CC(CCN3CCOCC3)C2)CC[C@]2(CO2)[C@H]1[C@@]1(C)O[C@@H]1CC=C(C)C.CO[C@@H]1[C@H](OC(=O)N2CC(CCN3CCOCC3)C2)CC[C@]2(CO2)[C@H]1[C@@]1(C)O[C@@H]1CCC(C)C. The summed E-state index contributed by atoms with van der Waals surface area (Å²) in [5, 5.41) is 7.00. The molecule has 8 heterocycles. The average molecular weight is 1010 g/mol. The Morgan fingerprint density at radius 2 is 1.08 bits per heavy atom. The number of likely N-dealkylation sites (tertiary alicyclic amines) is 2. The van der Waals surface area contributed by atoms with Crippen LogP contribution in [0.2, 0.25) is 0 Å². The van der Waals surface area contributed by atoms with Crippen molar-refractivity contribution in [2.24, 2.45) is 29.6 Å². The summed E-state index contributed by atoms with van der Waals surface area (Å²) in [4.78, 5) is 34.5. The van der Waals surface area contributed by atoms with Gasteiger partial charge in [-0.15, -0.1) is 0 Å². The topological polar surface area (TPSA) is 173 Å². The number of rotatable bonds is 17. The largest absolute Gasteiger partial charge is 0.443 e. The maximum atomic E-state index is 13.0. The van der Waals surface area contributed by atoms with E-state index in [9.17, 15) is 9.59 Å². The zero-order chi connectivity index (χ0) is 49.8. The molecule has 17 nitrogen and oxygen atoms in total.